The molecule has 0 aromatic heterocycles. The van der Waals surface area contributed by atoms with Gasteiger partial charge in [-0.2, -0.15) is 0 Å². The molecule has 0 saturated heterocycles. The molecular formula is C8H11NO. The van der Waals surface area contributed by atoms with E-state index >= 15 is 0 Å². The van der Waals surface area contributed by atoms with Crippen LogP contribution in [0.1, 0.15) is 25.7 Å². The SMILES string of the molecule is O=CNC1=C2CCC(C2)C1. The van der Waals surface area contributed by atoms with Crippen LogP contribution in [0.4, 0.5) is 0 Å². The van der Waals surface area contributed by atoms with Crippen LogP contribution in [0.2, 0.25) is 0 Å². The number of fused-ring (bicyclic) bond motifs is 2. The van der Waals surface area contributed by atoms with E-state index in [1.54, 1.807) is 0 Å². The number of carbonyl (C=O) groups is 1. The fourth-order valence-electron chi connectivity index (χ4n) is 2.04. The van der Waals surface area contributed by atoms with Gasteiger partial charge in [0.15, 0.2) is 0 Å². The topological polar surface area (TPSA) is 29.1 Å². The Morgan fingerprint density at radius 3 is 2.90 bits per heavy atom. The monoisotopic (exact) mass is 137 g/mol. The predicted molar refractivity (Wildman–Crippen MR) is 38.2 cm³/mol. The number of hydrogen-bond donors (Lipinski definition) is 1. The van der Waals surface area contributed by atoms with Gasteiger partial charge >= 0.3 is 0 Å². The Balaban J connectivity index is 2.14. The molecule has 1 atom stereocenters. The molecule has 0 aromatic carbocycles. The summed E-state index contributed by atoms with van der Waals surface area (Å²) in [6, 6.07) is 0. The third kappa shape index (κ3) is 0.753. The Hall–Kier alpha value is -0.790. The molecule has 0 spiro atoms. The second-order valence-electron chi connectivity index (χ2n) is 3.16. The molecular weight excluding hydrogens is 126 g/mol. The molecule has 1 fully saturated rings. The van der Waals surface area contributed by atoms with Gasteiger partial charge in [0.2, 0.25) is 6.41 Å². The van der Waals surface area contributed by atoms with E-state index in [-0.39, 0.29) is 0 Å². The van der Waals surface area contributed by atoms with Gasteiger partial charge in [0.05, 0.1) is 0 Å². The first-order valence-corrected chi connectivity index (χ1v) is 3.81. The molecule has 2 rings (SSSR count). The van der Waals surface area contributed by atoms with Gasteiger partial charge in [-0.05, 0) is 31.6 Å². The summed E-state index contributed by atoms with van der Waals surface area (Å²) in [5.41, 5.74) is 2.71. The molecule has 2 heteroatoms. The second kappa shape index (κ2) is 2.11. The molecule has 1 N–H and O–H groups in total. The second-order valence-corrected chi connectivity index (χ2v) is 3.16. The summed E-state index contributed by atoms with van der Waals surface area (Å²) >= 11 is 0. The number of allylic oxidation sites excluding steroid dienone is 2. The van der Waals surface area contributed by atoms with Crippen LogP contribution in [0.3, 0.4) is 0 Å². The fourth-order valence-corrected chi connectivity index (χ4v) is 2.04. The Morgan fingerprint density at radius 2 is 2.40 bits per heavy atom. The highest BCUT2D eigenvalue weighted by Gasteiger charge is 2.29. The van der Waals surface area contributed by atoms with E-state index in [1.807, 2.05) is 0 Å². The maximum absolute atomic E-state index is 10.1. The van der Waals surface area contributed by atoms with E-state index in [0.29, 0.717) is 0 Å². The molecule has 1 amide bonds. The molecule has 54 valence electrons. The van der Waals surface area contributed by atoms with E-state index in [4.69, 9.17) is 0 Å². The smallest absolute Gasteiger partial charge is 0.211 e. The lowest BCUT2D eigenvalue weighted by Gasteiger charge is -2.09. The van der Waals surface area contributed by atoms with Crippen molar-refractivity contribution >= 4 is 6.41 Å². The first kappa shape index (κ1) is 5.96. The Kier molecular flexibility index (Phi) is 1.26. The number of carbonyl (C=O) groups excluding carboxylic acids is 1. The van der Waals surface area contributed by atoms with Crippen LogP contribution in [-0.4, -0.2) is 6.41 Å². The van der Waals surface area contributed by atoms with Crippen molar-refractivity contribution < 1.29 is 4.79 Å². The quantitative estimate of drug-likeness (QED) is 0.569. The van der Waals surface area contributed by atoms with Crippen LogP contribution in [-0.2, 0) is 4.79 Å². The molecule has 1 unspecified atom stereocenters. The van der Waals surface area contributed by atoms with Gasteiger partial charge in [-0.3, -0.25) is 4.79 Å². The van der Waals surface area contributed by atoms with Crippen molar-refractivity contribution in [2.24, 2.45) is 5.92 Å². The molecule has 0 radical (unpaired) electrons. The zero-order valence-electron chi connectivity index (χ0n) is 5.89. The normalized spacial score (nSPS) is 29.4. The predicted octanol–water partition coefficient (Wildman–Crippen LogP) is 1.19. The lowest BCUT2D eigenvalue weighted by molar-refractivity contribution is -0.109. The van der Waals surface area contributed by atoms with Gasteiger partial charge in [0.25, 0.3) is 0 Å². The van der Waals surface area contributed by atoms with Crippen molar-refractivity contribution in [1.29, 1.82) is 0 Å². The van der Waals surface area contributed by atoms with Gasteiger partial charge in [0.1, 0.15) is 0 Å². The number of rotatable bonds is 2. The van der Waals surface area contributed by atoms with Crippen LogP contribution in [0, 0.1) is 5.92 Å². The van der Waals surface area contributed by atoms with Crippen molar-refractivity contribution in [3.63, 3.8) is 0 Å². The van der Waals surface area contributed by atoms with E-state index < -0.39 is 0 Å². The highest BCUT2D eigenvalue weighted by molar-refractivity contribution is 5.51. The largest absolute Gasteiger partial charge is 0.332 e. The van der Waals surface area contributed by atoms with Crippen molar-refractivity contribution in [3.8, 4) is 0 Å². The number of hydrogen-bond acceptors (Lipinski definition) is 1. The summed E-state index contributed by atoms with van der Waals surface area (Å²) in [6.45, 7) is 0. The van der Waals surface area contributed by atoms with Crippen LogP contribution < -0.4 is 5.32 Å². The third-order valence-corrected chi connectivity index (χ3v) is 2.54. The van der Waals surface area contributed by atoms with E-state index in [9.17, 15) is 4.79 Å². The Bertz CT molecular complexity index is 195. The Morgan fingerprint density at radius 1 is 1.50 bits per heavy atom. The standard InChI is InChI=1S/C8H11NO/c10-5-9-8-4-6-1-2-7(8)3-6/h5-6H,1-4H2,(H,9,10). The number of nitrogens with one attached hydrogen (secondary N) is 1. The van der Waals surface area contributed by atoms with Gasteiger partial charge in [-0.1, -0.05) is 5.57 Å². The van der Waals surface area contributed by atoms with Crippen LogP contribution in [0.25, 0.3) is 0 Å². The third-order valence-electron chi connectivity index (χ3n) is 2.54. The zero-order valence-corrected chi connectivity index (χ0v) is 5.89. The van der Waals surface area contributed by atoms with E-state index in [0.717, 1.165) is 18.7 Å². The van der Waals surface area contributed by atoms with Gasteiger partial charge < -0.3 is 5.32 Å². The van der Waals surface area contributed by atoms with Gasteiger partial charge in [0, 0.05) is 5.70 Å². The van der Waals surface area contributed by atoms with Crippen molar-refractivity contribution in [3.05, 3.63) is 11.3 Å². The Labute approximate surface area is 60.3 Å². The molecule has 2 bridgehead atoms. The summed E-state index contributed by atoms with van der Waals surface area (Å²) in [6.07, 6.45) is 5.73. The van der Waals surface area contributed by atoms with E-state index in [2.05, 4.69) is 5.32 Å². The summed E-state index contributed by atoms with van der Waals surface area (Å²) in [7, 11) is 0. The average Bonchev–Trinajstić information content (AvgIpc) is 2.48. The van der Waals surface area contributed by atoms with Crippen molar-refractivity contribution in [2.75, 3.05) is 0 Å². The minimum atomic E-state index is 0.795. The minimum absolute atomic E-state index is 0.795. The maximum Gasteiger partial charge on any atom is 0.211 e. The lowest BCUT2D eigenvalue weighted by atomic mass is 10.0. The van der Waals surface area contributed by atoms with Gasteiger partial charge in [-0.25, -0.2) is 0 Å². The highest BCUT2D eigenvalue weighted by atomic mass is 16.1. The van der Waals surface area contributed by atoms with Crippen molar-refractivity contribution in [1.82, 2.24) is 5.32 Å². The minimum Gasteiger partial charge on any atom is -0.332 e. The fraction of sp³-hybridized carbons (Fsp3) is 0.625. The molecule has 1 saturated carbocycles. The first-order chi connectivity index (χ1) is 4.90. The number of amides is 1. The summed E-state index contributed by atoms with van der Waals surface area (Å²) in [5.74, 6) is 0.859. The van der Waals surface area contributed by atoms with Crippen LogP contribution in [0.5, 0.6) is 0 Å². The molecule has 0 heterocycles. The maximum atomic E-state index is 10.1. The van der Waals surface area contributed by atoms with E-state index in [1.165, 1.54) is 30.5 Å². The van der Waals surface area contributed by atoms with Gasteiger partial charge in [-0.15, -0.1) is 0 Å². The summed E-state index contributed by atoms with van der Waals surface area (Å²) < 4.78 is 0. The molecule has 2 aliphatic carbocycles. The first-order valence-electron chi connectivity index (χ1n) is 3.81. The molecule has 2 aliphatic rings. The lowest BCUT2D eigenvalue weighted by Crippen LogP contribution is -2.12. The zero-order chi connectivity index (χ0) is 6.97. The summed E-state index contributed by atoms with van der Waals surface area (Å²) in [4.78, 5) is 10.1. The summed E-state index contributed by atoms with van der Waals surface area (Å²) in [5, 5.41) is 2.77. The molecule has 0 aromatic rings. The van der Waals surface area contributed by atoms with Crippen LogP contribution >= 0.6 is 0 Å². The van der Waals surface area contributed by atoms with Crippen molar-refractivity contribution in [2.45, 2.75) is 25.7 Å². The molecule has 2 nitrogen and oxygen atoms in total. The highest BCUT2D eigenvalue weighted by Crippen LogP contribution is 2.42. The molecule has 10 heavy (non-hydrogen) atoms. The average molecular weight is 137 g/mol. The van der Waals surface area contributed by atoms with Crippen LogP contribution in [0.15, 0.2) is 11.3 Å². The molecule has 0 aliphatic heterocycles.